The molecule has 2 aliphatic rings. The molecule has 1 N–H and O–H groups in total. The van der Waals surface area contributed by atoms with E-state index in [0.29, 0.717) is 30.2 Å². The van der Waals surface area contributed by atoms with Crippen molar-refractivity contribution in [1.29, 1.82) is 0 Å². The highest BCUT2D eigenvalue weighted by Gasteiger charge is 2.51. The molecule has 25 heavy (non-hydrogen) atoms. The predicted molar refractivity (Wildman–Crippen MR) is 95.7 cm³/mol. The molecule has 1 aliphatic heterocycles. The molecule has 1 amide bonds. The van der Waals surface area contributed by atoms with Gasteiger partial charge in [0, 0.05) is 13.0 Å². The first kappa shape index (κ1) is 18.2. The molecular weight excluding hydrogens is 318 g/mol. The molecule has 5 nitrogen and oxygen atoms in total. The van der Waals surface area contributed by atoms with Gasteiger partial charge >= 0.3 is 5.63 Å². The topological polar surface area (TPSA) is 70.8 Å². The van der Waals surface area contributed by atoms with Crippen LogP contribution in [-0.4, -0.2) is 34.1 Å². The molecule has 1 saturated heterocycles. The summed E-state index contributed by atoms with van der Waals surface area (Å²) in [7, 11) is 0. The lowest BCUT2D eigenvalue weighted by molar-refractivity contribution is 0.0147. The summed E-state index contributed by atoms with van der Waals surface area (Å²) in [5.41, 5.74) is -0.215. The van der Waals surface area contributed by atoms with Crippen molar-refractivity contribution in [2.45, 2.75) is 77.4 Å². The summed E-state index contributed by atoms with van der Waals surface area (Å²) in [5.74, 6) is 0.894. The SMILES string of the molecule is Cc1cc(CCC(C)C)oc(=O)c1C(=O)N1CCC[C@@]12CCC[C@H]2O. The lowest BCUT2D eigenvalue weighted by atomic mass is 9.91. The quantitative estimate of drug-likeness (QED) is 0.909. The predicted octanol–water partition coefficient (Wildman–Crippen LogP) is 3.06. The first-order chi connectivity index (χ1) is 11.8. The van der Waals surface area contributed by atoms with E-state index in [2.05, 4.69) is 13.8 Å². The lowest BCUT2D eigenvalue weighted by Gasteiger charge is -2.38. The van der Waals surface area contributed by atoms with Crippen LogP contribution in [0.4, 0.5) is 0 Å². The third-order valence-corrected chi connectivity index (χ3v) is 5.86. The molecule has 1 aliphatic carbocycles. The molecule has 0 aromatic carbocycles. The van der Waals surface area contributed by atoms with Gasteiger partial charge in [-0.3, -0.25) is 4.79 Å². The number of hydrogen-bond acceptors (Lipinski definition) is 4. The fraction of sp³-hybridized carbons (Fsp3) is 0.700. The van der Waals surface area contributed by atoms with Gasteiger partial charge in [-0.15, -0.1) is 0 Å². The number of aryl methyl sites for hydroxylation is 2. The first-order valence-electron chi connectivity index (χ1n) is 9.49. The third kappa shape index (κ3) is 3.26. The van der Waals surface area contributed by atoms with E-state index in [1.807, 2.05) is 6.07 Å². The highest BCUT2D eigenvalue weighted by atomic mass is 16.4. The van der Waals surface area contributed by atoms with Crippen molar-refractivity contribution in [2.24, 2.45) is 5.92 Å². The van der Waals surface area contributed by atoms with Gasteiger partial charge in [0.2, 0.25) is 0 Å². The van der Waals surface area contributed by atoms with Gasteiger partial charge in [-0.25, -0.2) is 4.79 Å². The van der Waals surface area contributed by atoms with Crippen molar-refractivity contribution in [2.75, 3.05) is 6.54 Å². The largest absolute Gasteiger partial charge is 0.427 e. The summed E-state index contributed by atoms with van der Waals surface area (Å²) < 4.78 is 5.43. The van der Waals surface area contributed by atoms with Gasteiger partial charge in [-0.2, -0.15) is 0 Å². The highest BCUT2D eigenvalue weighted by molar-refractivity contribution is 5.96. The Bertz CT molecular complexity index is 704. The lowest BCUT2D eigenvalue weighted by Crippen LogP contribution is -2.53. The molecule has 1 aromatic heterocycles. The van der Waals surface area contributed by atoms with Crippen molar-refractivity contribution in [1.82, 2.24) is 4.90 Å². The third-order valence-electron chi connectivity index (χ3n) is 5.86. The molecule has 1 saturated carbocycles. The Morgan fingerprint density at radius 3 is 2.72 bits per heavy atom. The number of amides is 1. The van der Waals surface area contributed by atoms with E-state index < -0.39 is 17.3 Å². The summed E-state index contributed by atoms with van der Waals surface area (Å²) in [4.78, 5) is 27.4. The molecule has 2 heterocycles. The minimum Gasteiger partial charge on any atom is -0.427 e. The van der Waals surface area contributed by atoms with Crippen LogP contribution in [0.15, 0.2) is 15.3 Å². The first-order valence-corrected chi connectivity index (χ1v) is 9.49. The average molecular weight is 347 g/mol. The Morgan fingerprint density at radius 1 is 1.40 bits per heavy atom. The highest BCUT2D eigenvalue weighted by Crippen LogP contribution is 2.43. The Hall–Kier alpha value is -1.62. The molecule has 1 spiro atoms. The fourth-order valence-corrected chi connectivity index (χ4v) is 4.47. The zero-order valence-electron chi connectivity index (χ0n) is 15.5. The summed E-state index contributed by atoms with van der Waals surface area (Å²) in [5, 5.41) is 10.5. The molecule has 1 aromatic rings. The Morgan fingerprint density at radius 2 is 2.12 bits per heavy atom. The second-order valence-electron chi connectivity index (χ2n) is 8.06. The number of aliphatic hydroxyl groups is 1. The minimum atomic E-state index is -0.543. The maximum atomic E-state index is 13.1. The van der Waals surface area contributed by atoms with Gasteiger partial charge in [-0.1, -0.05) is 13.8 Å². The van der Waals surface area contributed by atoms with E-state index in [1.54, 1.807) is 11.8 Å². The molecule has 2 fully saturated rings. The van der Waals surface area contributed by atoms with Crippen molar-refractivity contribution >= 4 is 5.91 Å². The molecular formula is C20H29NO4. The van der Waals surface area contributed by atoms with Crippen LogP contribution in [0.1, 0.15) is 74.1 Å². The van der Waals surface area contributed by atoms with Crippen molar-refractivity contribution in [3.05, 3.63) is 33.4 Å². The van der Waals surface area contributed by atoms with Crippen LogP contribution in [0.5, 0.6) is 0 Å². The van der Waals surface area contributed by atoms with Gasteiger partial charge in [0.15, 0.2) is 0 Å². The molecule has 138 valence electrons. The van der Waals surface area contributed by atoms with Crippen LogP contribution in [0, 0.1) is 12.8 Å². The number of aliphatic hydroxyl groups excluding tert-OH is 1. The minimum absolute atomic E-state index is 0.133. The maximum Gasteiger partial charge on any atom is 0.349 e. The second-order valence-corrected chi connectivity index (χ2v) is 8.06. The molecule has 2 atom stereocenters. The van der Waals surface area contributed by atoms with Crippen molar-refractivity contribution < 1.29 is 14.3 Å². The van der Waals surface area contributed by atoms with Crippen LogP contribution in [0.25, 0.3) is 0 Å². The standard InChI is InChI=1S/C20H29NO4/c1-13(2)7-8-15-12-14(3)17(19(24)25-15)18(23)21-11-5-10-20(21)9-4-6-16(20)22/h12-13,16,22H,4-11H2,1-3H3/t16-,20-/m1/s1. The smallest absolute Gasteiger partial charge is 0.349 e. The van der Waals surface area contributed by atoms with Gasteiger partial charge in [0.25, 0.3) is 5.91 Å². The van der Waals surface area contributed by atoms with Crippen LogP contribution in [0.2, 0.25) is 0 Å². The van der Waals surface area contributed by atoms with E-state index in [9.17, 15) is 14.7 Å². The van der Waals surface area contributed by atoms with Gasteiger partial charge in [0.1, 0.15) is 11.3 Å². The van der Waals surface area contributed by atoms with E-state index in [4.69, 9.17) is 4.42 Å². The number of hydrogen-bond donors (Lipinski definition) is 1. The van der Waals surface area contributed by atoms with Gasteiger partial charge in [0.05, 0.1) is 11.6 Å². The second kappa shape index (κ2) is 6.94. The molecule has 5 heteroatoms. The number of nitrogens with zero attached hydrogens (tertiary/aromatic N) is 1. The van der Waals surface area contributed by atoms with E-state index in [1.165, 1.54) is 0 Å². The molecule has 3 rings (SSSR count). The van der Waals surface area contributed by atoms with Crippen LogP contribution in [-0.2, 0) is 6.42 Å². The summed E-state index contributed by atoms with van der Waals surface area (Å²) in [6.07, 6.45) is 5.31. The number of carbonyl (C=O) groups is 1. The average Bonchev–Trinajstić information content (AvgIpc) is 3.12. The monoisotopic (exact) mass is 347 g/mol. The molecule has 0 radical (unpaired) electrons. The zero-order valence-corrected chi connectivity index (χ0v) is 15.5. The summed E-state index contributed by atoms with van der Waals surface area (Å²) in [6.45, 7) is 6.66. The van der Waals surface area contributed by atoms with Gasteiger partial charge in [-0.05, 0) is 63.0 Å². The molecule has 0 unspecified atom stereocenters. The van der Waals surface area contributed by atoms with Crippen LogP contribution in [0.3, 0.4) is 0 Å². The normalized spacial score (nSPS) is 26.1. The number of carbonyl (C=O) groups excluding carboxylic acids is 1. The van der Waals surface area contributed by atoms with Crippen molar-refractivity contribution in [3.63, 3.8) is 0 Å². The van der Waals surface area contributed by atoms with Crippen LogP contribution < -0.4 is 5.63 Å². The van der Waals surface area contributed by atoms with Gasteiger partial charge < -0.3 is 14.4 Å². The van der Waals surface area contributed by atoms with Crippen LogP contribution >= 0.6 is 0 Å². The van der Waals surface area contributed by atoms with E-state index in [-0.39, 0.29) is 11.5 Å². The summed E-state index contributed by atoms with van der Waals surface area (Å²) >= 11 is 0. The Labute approximate surface area is 149 Å². The summed E-state index contributed by atoms with van der Waals surface area (Å²) in [6, 6.07) is 1.82. The number of rotatable bonds is 4. The van der Waals surface area contributed by atoms with E-state index >= 15 is 0 Å². The maximum absolute atomic E-state index is 13.1. The Kier molecular flexibility index (Phi) is 5.05. The zero-order chi connectivity index (χ0) is 18.2. The fourth-order valence-electron chi connectivity index (χ4n) is 4.47. The van der Waals surface area contributed by atoms with Crippen molar-refractivity contribution in [3.8, 4) is 0 Å². The Balaban J connectivity index is 1.88. The molecule has 0 bridgehead atoms. The number of likely N-dealkylation sites (tertiary alicyclic amines) is 1. The van der Waals surface area contributed by atoms with E-state index in [0.717, 1.165) is 38.5 Å².